The maximum absolute atomic E-state index is 11.5. The van der Waals surface area contributed by atoms with E-state index in [1.807, 2.05) is 0 Å². The van der Waals surface area contributed by atoms with Crippen LogP contribution in [0.2, 0.25) is 0 Å². The molecule has 2 saturated heterocycles. The van der Waals surface area contributed by atoms with Crippen molar-refractivity contribution in [2.75, 3.05) is 13.2 Å². The molecule has 12 nitrogen and oxygen atoms in total. The molecule has 0 bridgehead atoms. The minimum atomic E-state index is -1.76. The van der Waals surface area contributed by atoms with Crippen molar-refractivity contribution in [2.24, 2.45) is 0 Å². The zero-order chi connectivity index (χ0) is 21.0. The summed E-state index contributed by atoms with van der Waals surface area (Å²) >= 11 is 0. The zero-order valence-corrected chi connectivity index (χ0v) is 14.7. The lowest BCUT2D eigenvalue weighted by atomic mass is 9.98. The Balaban J connectivity index is 2.04. The van der Waals surface area contributed by atoms with Gasteiger partial charge in [-0.05, 0) is 0 Å². The van der Waals surface area contributed by atoms with Gasteiger partial charge in [0, 0.05) is 6.54 Å². The predicted molar refractivity (Wildman–Crippen MR) is 88.0 cm³/mol. The largest absolute Gasteiger partial charge is 0.394 e. The first kappa shape index (κ1) is 22.9. The van der Waals surface area contributed by atoms with Crippen molar-refractivity contribution in [1.82, 2.24) is 5.32 Å². The monoisotopic (exact) mass is 407 g/mol. The number of aliphatic hydroxyl groups is 7. The zero-order valence-electron chi connectivity index (χ0n) is 14.7. The van der Waals surface area contributed by atoms with E-state index in [1.165, 1.54) is 0 Å². The van der Waals surface area contributed by atoms with Crippen LogP contribution in [0.1, 0.15) is 6.42 Å². The molecule has 0 aromatic carbocycles. The normalized spacial score (nSPS) is 43.9. The summed E-state index contributed by atoms with van der Waals surface area (Å²) in [5, 5.41) is 71.2. The van der Waals surface area contributed by atoms with Crippen LogP contribution in [-0.2, 0) is 19.0 Å². The standard InChI is InChI=1S/C16H25NO11/c1-2-3-8(19)17-4-6-9(20)11(22)13(24)15(26-6)28-16-14(25)12(23)10(21)7(5-18)27-16/h1,6-7,9-16,18,20-25H,3-5H2,(H,17,19)/t6?,7?,9-,10-,11+,12?,13?,14-,15-,16-/m1/s1. The van der Waals surface area contributed by atoms with E-state index in [2.05, 4.69) is 11.2 Å². The number of hydrogen-bond donors (Lipinski definition) is 8. The third-order valence-corrected chi connectivity index (χ3v) is 4.55. The van der Waals surface area contributed by atoms with E-state index < -0.39 is 73.9 Å². The van der Waals surface area contributed by atoms with Crippen LogP contribution in [0.4, 0.5) is 0 Å². The molecular weight excluding hydrogens is 382 g/mol. The first-order chi connectivity index (χ1) is 13.2. The number of nitrogens with one attached hydrogen (secondary N) is 1. The number of ether oxygens (including phenoxy) is 3. The molecule has 12 heteroatoms. The Morgan fingerprint density at radius 3 is 1.89 bits per heavy atom. The lowest BCUT2D eigenvalue weighted by Crippen LogP contribution is -2.64. The van der Waals surface area contributed by atoms with Crippen LogP contribution >= 0.6 is 0 Å². The molecule has 4 unspecified atom stereocenters. The first-order valence-electron chi connectivity index (χ1n) is 8.57. The van der Waals surface area contributed by atoms with Crippen molar-refractivity contribution in [3.05, 3.63) is 0 Å². The van der Waals surface area contributed by atoms with Gasteiger partial charge in [-0.1, -0.05) is 5.92 Å². The molecule has 8 N–H and O–H groups in total. The summed E-state index contributed by atoms with van der Waals surface area (Å²) < 4.78 is 15.8. The molecule has 0 spiro atoms. The quantitative estimate of drug-likeness (QED) is 0.196. The summed E-state index contributed by atoms with van der Waals surface area (Å²) in [5.41, 5.74) is 0. The van der Waals surface area contributed by atoms with Gasteiger partial charge in [-0.3, -0.25) is 4.79 Å². The molecule has 28 heavy (non-hydrogen) atoms. The summed E-state index contributed by atoms with van der Waals surface area (Å²) in [6.45, 7) is -0.954. The predicted octanol–water partition coefficient (Wildman–Crippen LogP) is -5.25. The maximum Gasteiger partial charge on any atom is 0.232 e. The van der Waals surface area contributed by atoms with Crippen LogP contribution in [0.5, 0.6) is 0 Å². The highest BCUT2D eigenvalue weighted by atomic mass is 16.8. The van der Waals surface area contributed by atoms with Crippen molar-refractivity contribution in [3.63, 3.8) is 0 Å². The second-order valence-corrected chi connectivity index (χ2v) is 6.53. The van der Waals surface area contributed by atoms with Gasteiger partial charge in [-0.15, -0.1) is 6.42 Å². The van der Waals surface area contributed by atoms with Crippen molar-refractivity contribution >= 4 is 5.91 Å². The van der Waals surface area contributed by atoms with Gasteiger partial charge < -0.3 is 55.3 Å². The fourth-order valence-corrected chi connectivity index (χ4v) is 2.88. The molecule has 2 heterocycles. The molecule has 2 aliphatic rings. The number of hydrogen-bond acceptors (Lipinski definition) is 11. The third kappa shape index (κ3) is 4.97. The van der Waals surface area contributed by atoms with E-state index in [-0.39, 0.29) is 13.0 Å². The number of carbonyl (C=O) groups is 1. The van der Waals surface area contributed by atoms with Crippen molar-refractivity contribution < 1.29 is 54.8 Å². The smallest absolute Gasteiger partial charge is 0.232 e. The van der Waals surface area contributed by atoms with Crippen LogP contribution < -0.4 is 5.32 Å². The van der Waals surface area contributed by atoms with Crippen molar-refractivity contribution in [1.29, 1.82) is 0 Å². The lowest BCUT2D eigenvalue weighted by molar-refractivity contribution is -0.374. The van der Waals surface area contributed by atoms with Crippen LogP contribution in [0.3, 0.4) is 0 Å². The van der Waals surface area contributed by atoms with Gasteiger partial charge in [0.25, 0.3) is 0 Å². The molecule has 0 saturated carbocycles. The van der Waals surface area contributed by atoms with E-state index in [4.69, 9.17) is 20.6 Å². The van der Waals surface area contributed by atoms with Crippen molar-refractivity contribution in [2.45, 2.75) is 67.8 Å². The SMILES string of the molecule is C#CCC(=O)NCC1O[C@H](O[C@H]2OC(CO)[C@@H](O)C(O)[C@H]2O)C(O)[C@@H](O)[C@@H]1O. The summed E-state index contributed by atoms with van der Waals surface area (Å²) in [6.07, 6.45) is -11.1. The summed E-state index contributed by atoms with van der Waals surface area (Å²) in [6, 6.07) is 0. The third-order valence-electron chi connectivity index (χ3n) is 4.55. The Labute approximate surface area is 160 Å². The van der Waals surface area contributed by atoms with Gasteiger partial charge in [0.05, 0.1) is 13.0 Å². The Kier molecular flexibility index (Phi) is 8.10. The number of amides is 1. The lowest BCUT2D eigenvalue weighted by Gasteiger charge is -2.44. The average molecular weight is 407 g/mol. The summed E-state index contributed by atoms with van der Waals surface area (Å²) in [7, 11) is 0. The summed E-state index contributed by atoms with van der Waals surface area (Å²) in [5.74, 6) is 1.61. The molecule has 2 rings (SSSR count). The van der Waals surface area contributed by atoms with Crippen LogP contribution in [-0.4, -0.2) is 116 Å². The Morgan fingerprint density at radius 2 is 1.39 bits per heavy atom. The topological polar surface area (TPSA) is 198 Å². The average Bonchev–Trinajstić information content (AvgIpc) is 2.67. The highest BCUT2D eigenvalue weighted by Crippen LogP contribution is 2.27. The van der Waals surface area contributed by atoms with E-state index in [0.717, 1.165) is 0 Å². The molecule has 2 aliphatic heterocycles. The fourth-order valence-electron chi connectivity index (χ4n) is 2.88. The molecular formula is C16H25NO11. The second kappa shape index (κ2) is 9.90. The van der Waals surface area contributed by atoms with Crippen LogP contribution in [0, 0.1) is 12.3 Å². The van der Waals surface area contributed by atoms with Gasteiger partial charge in [-0.2, -0.15) is 0 Å². The minimum absolute atomic E-state index is 0.210. The molecule has 0 aromatic heterocycles. The Hall–Kier alpha value is -1.37. The molecule has 0 aliphatic carbocycles. The second-order valence-electron chi connectivity index (χ2n) is 6.53. The molecule has 0 radical (unpaired) electrons. The van der Waals surface area contributed by atoms with Gasteiger partial charge in [0.1, 0.15) is 48.8 Å². The first-order valence-corrected chi connectivity index (χ1v) is 8.57. The molecule has 2 fully saturated rings. The van der Waals surface area contributed by atoms with E-state index in [9.17, 15) is 40.5 Å². The van der Waals surface area contributed by atoms with Gasteiger partial charge >= 0.3 is 0 Å². The van der Waals surface area contributed by atoms with E-state index in [0.29, 0.717) is 0 Å². The van der Waals surface area contributed by atoms with Crippen molar-refractivity contribution in [3.8, 4) is 12.3 Å². The van der Waals surface area contributed by atoms with E-state index in [1.54, 1.807) is 0 Å². The van der Waals surface area contributed by atoms with Crippen LogP contribution in [0.25, 0.3) is 0 Å². The number of carbonyl (C=O) groups excluding carboxylic acids is 1. The number of rotatable bonds is 6. The van der Waals surface area contributed by atoms with Gasteiger partial charge in [0.2, 0.25) is 5.91 Å². The maximum atomic E-state index is 11.5. The van der Waals surface area contributed by atoms with Crippen LogP contribution in [0.15, 0.2) is 0 Å². The van der Waals surface area contributed by atoms with Gasteiger partial charge in [0.15, 0.2) is 12.6 Å². The Morgan fingerprint density at radius 1 is 0.893 bits per heavy atom. The molecule has 1 amide bonds. The fraction of sp³-hybridized carbons (Fsp3) is 0.812. The highest BCUT2D eigenvalue weighted by molar-refractivity contribution is 5.78. The molecule has 10 atom stereocenters. The Bertz CT molecular complexity index is 567. The highest BCUT2D eigenvalue weighted by Gasteiger charge is 2.49. The summed E-state index contributed by atoms with van der Waals surface area (Å²) in [4.78, 5) is 11.5. The number of terminal acetylenes is 1. The number of aliphatic hydroxyl groups excluding tert-OH is 7. The van der Waals surface area contributed by atoms with E-state index >= 15 is 0 Å². The molecule has 160 valence electrons. The molecule has 0 aromatic rings. The minimum Gasteiger partial charge on any atom is -0.394 e. The van der Waals surface area contributed by atoms with Gasteiger partial charge in [-0.25, -0.2) is 0 Å².